The number of carbonyl (C=O) groups excluding carboxylic acids is 1. The van der Waals surface area contributed by atoms with E-state index >= 15 is 0 Å². The zero-order valence-corrected chi connectivity index (χ0v) is 11.4. The van der Waals surface area contributed by atoms with Gasteiger partial charge in [0, 0.05) is 6.54 Å². The van der Waals surface area contributed by atoms with Crippen molar-refractivity contribution in [1.82, 2.24) is 5.32 Å². The predicted octanol–water partition coefficient (Wildman–Crippen LogP) is 1.52. The second-order valence-corrected chi connectivity index (χ2v) is 6.29. The highest BCUT2D eigenvalue weighted by atomic mass is 32.2. The molecule has 1 N–H and O–H groups in total. The smallest absolute Gasteiger partial charge is 0.235 e. The quantitative estimate of drug-likeness (QED) is 0.763. The van der Waals surface area contributed by atoms with E-state index in [2.05, 4.69) is 5.32 Å². The molecule has 1 amide bonds. The monoisotopic (exact) mass is 269 g/mol. The van der Waals surface area contributed by atoms with E-state index in [-0.39, 0.29) is 5.75 Å². The zero-order valence-electron chi connectivity index (χ0n) is 10.6. The Hall–Kier alpha value is -1.36. The molecule has 0 atom stereocenters. The molecule has 0 saturated carbocycles. The fourth-order valence-corrected chi connectivity index (χ4v) is 2.84. The van der Waals surface area contributed by atoms with E-state index < -0.39 is 21.5 Å². The van der Waals surface area contributed by atoms with E-state index in [9.17, 15) is 13.2 Å². The predicted molar refractivity (Wildman–Crippen MR) is 71.9 cm³/mol. The van der Waals surface area contributed by atoms with Crippen molar-refractivity contribution in [3.8, 4) is 0 Å². The van der Waals surface area contributed by atoms with Gasteiger partial charge < -0.3 is 5.32 Å². The second kappa shape index (κ2) is 7.16. The third kappa shape index (κ3) is 5.82. The lowest BCUT2D eigenvalue weighted by Gasteiger charge is -2.06. The van der Waals surface area contributed by atoms with E-state index in [4.69, 9.17) is 0 Å². The summed E-state index contributed by atoms with van der Waals surface area (Å²) >= 11 is 0. The van der Waals surface area contributed by atoms with Gasteiger partial charge in [0.05, 0.1) is 5.75 Å². The highest BCUT2D eigenvalue weighted by Gasteiger charge is 2.16. The largest absolute Gasteiger partial charge is 0.355 e. The summed E-state index contributed by atoms with van der Waals surface area (Å²) in [6.07, 6.45) is 1.83. The van der Waals surface area contributed by atoms with Crippen LogP contribution >= 0.6 is 0 Å². The van der Waals surface area contributed by atoms with Crippen molar-refractivity contribution in [2.24, 2.45) is 0 Å². The number of hydrogen-bond acceptors (Lipinski definition) is 3. The SMILES string of the molecule is CCCCNC(=O)CS(=O)(=O)Cc1ccccc1. The zero-order chi connectivity index (χ0) is 13.4. The summed E-state index contributed by atoms with van der Waals surface area (Å²) in [4.78, 5) is 11.4. The van der Waals surface area contributed by atoms with Crippen LogP contribution in [0.15, 0.2) is 30.3 Å². The van der Waals surface area contributed by atoms with Crippen LogP contribution in [0, 0.1) is 0 Å². The van der Waals surface area contributed by atoms with E-state index in [1.54, 1.807) is 24.3 Å². The molecule has 0 unspecified atom stereocenters. The average Bonchev–Trinajstić information content (AvgIpc) is 2.29. The molecule has 0 aliphatic heterocycles. The lowest BCUT2D eigenvalue weighted by molar-refractivity contribution is -0.118. The minimum Gasteiger partial charge on any atom is -0.355 e. The average molecular weight is 269 g/mol. The lowest BCUT2D eigenvalue weighted by atomic mass is 10.2. The van der Waals surface area contributed by atoms with Crippen molar-refractivity contribution in [2.75, 3.05) is 12.3 Å². The van der Waals surface area contributed by atoms with Crippen molar-refractivity contribution in [3.05, 3.63) is 35.9 Å². The Morgan fingerprint density at radius 3 is 2.50 bits per heavy atom. The van der Waals surface area contributed by atoms with E-state index in [1.165, 1.54) is 0 Å². The van der Waals surface area contributed by atoms with E-state index in [0.717, 1.165) is 12.8 Å². The minimum atomic E-state index is -3.38. The Balaban J connectivity index is 2.47. The molecule has 0 bridgehead atoms. The summed E-state index contributed by atoms with van der Waals surface area (Å²) in [6.45, 7) is 2.55. The van der Waals surface area contributed by atoms with Gasteiger partial charge in [-0.3, -0.25) is 4.79 Å². The molecular formula is C13H19NO3S. The van der Waals surface area contributed by atoms with Gasteiger partial charge in [-0.1, -0.05) is 43.7 Å². The van der Waals surface area contributed by atoms with Crippen LogP contribution in [0.4, 0.5) is 0 Å². The van der Waals surface area contributed by atoms with Crippen LogP contribution in [-0.4, -0.2) is 26.6 Å². The minimum absolute atomic E-state index is 0.0883. The number of amides is 1. The molecule has 1 aromatic rings. The molecule has 5 heteroatoms. The van der Waals surface area contributed by atoms with Crippen LogP contribution in [0.2, 0.25) is 0 Å². The van der Waals surface area contributed by atoms with Gasteiger partial charge in [-0.05, 0) is 12.0 Å². The number of hydrogen-bond donors (Lipinski definition) is 1. The van der Waals surface area contributed by atoms with Crippen molar-refractivity contribution < 1.29 is 13.2 Å². The van der Waals surface area contributed by atoms with Gasteiger partial charge in [0.25, 0.3) is 0 Å². The molecule has 1 rings (SSSR count). The Bertz CT molecular complexity index is 468. The number of carbonyl (C=O) groups is 1. The Kier molecular flexibility index (Phi) is 5.85. The first kappa shape index (κ1) is 14.7. The van der Waals surface area contributed by atoms with Gasteiger partial charge in [-0.2, -0.15) is 0 Å². The summed E-state index contributed by atoms with van der Waals surface area (Å²) in [5.74, 6) is -0.944. The molecular weight excluding hydrogens is 250 g/mol. The normalized spacial score (nSPS) is 11.2. The summed E-state index contributed by atoms with van der Waals surface area (Å²) in [5.41, 5.74) is 0.707. The first-order valence-electron chi connectivity index (χ1n) is 6.04. The van der Waals surface area contributed by atoms with Gasteiger partial charge in [0.2, 0.25) is 5.91 Å². The van der Waals surface area contributed by atoms with Crippen molar-refractivity contribution in [2.45, 2.75) is 25.5 Å². The van der Waals surface area contributed by atoms with Crippen LogP contribution in [0.5, 0.6) is 0 Å². The molecule has 18 heavy (non-hydrogen) atoms. The number of sulfone groups is 1. The Morgan fingerprint density at radius 2 is 1.89 bits per heavy atom. The van der Waals surface area contributed by atoms with Crippen molar-refractivity contribution in [3.63, 3.8) is 0 Å². The van der Waals surface area contributed by atoms with Crippen LogP contribution in [-0.2, 0) is 20.4 Å². The molecule has 0 aromatic heterocycles. The molecule has 0 aliphatic rings. The lowest BCUT2D eigenvalue weighted by Crippen LogP contribution is -2.31. The first-order valence-corrected chi connectivity index (χ1v) is 7.86. The molecule has 0 radical (unpaired) electrons. The molecule has 0 fully saturated rings. The fourth-order valence-electron chi connectivity index (χ4n) is 1.53. The third-order valence-corrected chi connectivity index (χ3v) is 3.91. The first-order chi connectivity index (χ1) is 8.53. The highest BCUT2D eigenvalue weighted by Crippen LogP contribution is 2.05. The Labute approximate surface area is 108 Å². The maximum Gasteiger partial charge on any atom is 0.235 e. The standard InChI is InChI=1S/C13H19NO3S/c1-2-3-9-14-13(15)11-18(16,17)10-12-7-5-4-6-8-12/h4-8H,2-3,9-11H2,1H3,(H,14,15). The molecule has 0 spiro atoms. The van der Waals surface area contributed by atoms with Crippen LogP contribution in [0.3, 0.4) is 0 Å². The van der Waals surface area contributed by atoms with Crippen LogP contribution in [0.1, 0.15) is 25.3 Å². The number of rotatable bonds is 7. The van der Waals surface area contributed by atoms with Gasteiger partial charge in [-0.15, -0.1) is 0 Å². The second-order valence-electron chi connectivity index (χ2n) is 4.22. The Morgan fingerprint density at radius 1 is 1.22 bits per heavy atom. The summed E-state index contributed by atoms with van der Waals surface area (Å²) in [6, 6.07) is 8.88. The number of unbranched alkanes of at least 4 members (excludes halogenated alkanes) is 1. The molecule has 4 nitrogen and oxygen atoms in total. The van der Waals surface area contributed by atoms with E-state index in [1.807, 2.05) is 13.0 Å². The van der Waals surface area contributed by atoms with Gasteiger partial charge in [0.15, 0.2) is 9.84 Å². The van der Waals surface area contributed by atoms with Gasteiger partial charge in [-0.25, -0.2) is 8.42 Å². The number of nitrogens with one attached hydrogen (secondary N) is 1. The summed E-state index contributed by atoms with van der Waals surface area (Å²) < 4.78 is 23.6. The van der Waals surface area contributed by atoms with Crippen LogP contribution < -0.4 is 5.32 Å². The summed E-state index contributed by atoms with van der Waals surface area (Å²) in [5, 5.41) is 2.61. The molecule has 0 aliphatic carbocycles. The maximum atomic E-state index is 11.8. The molecule has 0 heterocycles. The van der Waals surface area contributed by atoms with Crippen molar-refractivity contribution >= 4 is 15.7 Å². The van der Waals surface area contributed by atoms with Gasteiger partial charge >= 0.3 is 0 Å². The molecule has 100 valence electrons. The topological polar surface area (TPSA) is 63.2 Å². The van der Waals surface area contributed by atoms with Gasteiger partial charge in [0.1, 0.15) is 5.75 Å². The highest BCUT2D eigenvalue weighted by molar-refractivity contribution is 7.91. The third-order valence-electron chi connectivity index (χ3n) is 2.43. The fraction of sp³-hybridized carbons (Fsp3) is 0.462. The van der Waals surface area contributed by atoms with E-state index in [0.29, 0.717) is 12.1 Å². The van der Waals surface area contributed by atoms with Crippen molar-refractivity contribution in [1.29, 1.82) is 0 Å². The molecule has 0 saturated heterocycles. The molecule has 1 aromatic carbocycles. The summed E-state index contributed by atoms with van der Waals surface area (Å²) in [7, 11) is -3.38. The van der Waals surface area contributed by atoms with Crippen LogP contribution in [0.25, 0.3) is 0 Å². The number of benzene rings is 1. The maximum absolute atomic E-state index is 11.8.